The van der Waals surface area contributed by atoms with Crippen molar-refractivity contribution in [3.8, 4) is 0 Å². The van der Waals surface area contributed by atoms with E-state index in [1.165, 1.54) is 0 Å². The van der Waals surface area contributed by atoms with E-state index in [-0.39, 0.29) is 88.7 Å². The maximum atomic E-state index is 9.41. The number of aliphatic carboxylic acids is 2. The van der Waals surface area contributed by atoms with E-state index in [0.717, 1.165) is 0 Å². The van der Waals surface area contributed by atoms with Gasteiger partial charge in [0.2, 0.25) is 0 Å². The summed E-state index contributed by atoms with van der Waals surface area (Å²) >= 11 is -5.62. The normalized spacial score (nSPS) is 8.31. The van der Waals surface area contributed by atoms with Crippen molar-refractivity contribution in [3.05, 3.63) is 12.2 Å². The number of carbonyl (C=O) groups excluding carboxylic acids is 2. The average molecular weight is 302 g/mol. The van der Waals surface area contributed by atoms with Crippen LogP contribution >= 0.6 is 0 Å². The first kappa shape index (κ1) is 30.5. The Balaban J connectivity index is -0.0000000454. The van der Waals surface area contributed by atoms with Gasteiger partial charge >= 0.3 is 117 Å². The van der Waals surface area contributed by atoms with Gasteiger partial charge in [-0.1, -0.05) is 0 Å². The summed E-state index contributed by atoms with van der Waals surface area (Å²) in [5.74, 6) is -3.09. The molecule has 0 aromatic heterocycles. The Bertz CT molecular complexity index is 335. The zero-order valence-electron chi connectivity index (χ0n) is 8.80. The average Bonchev–Trinajstić information content (AvgIpc) is 1.79. The van der Waals surface area contributed by atoms with Gasteiger partial charge in [-0.2, -0.15) is 0 Å². The van der Waals surface area contributed by atoms with Gasteiger partial charge in [-0.05, 0) is 12.2 Å². The summed E-state index contributed by atoms with van der Waals surface area (Å²) in [5.41, 5.74) is 0. The molecule has 0 aliphatic carbocycles. The molecular formula is C4H2MnNa3O8. The first-order valence-electron chi connectivity index (χ1n) is 2.34. The van der Waals surface area contributed by atoms with Crippen LogP contribution in [0.15, 0.2) is 12.2 Å². The Morgan fingerprint density at radius 2 is 0.938 bits per heavy atom. The molecule has 0 aromatic rings. The first-order chi connectivity index (χ1) is 5.63. The van der Waals surface area contributed by atoms with Gasteiger partial charge in [0.25, 0.3) is 0 Å². The van der Waals surface area contributed by atoms with Crippen LogP contribution in [-0.4, -0.2) is 11.9 Å². The van der Waals surface area contributed by atoms with Crippen LogP contribution in [0.25, 0.3) is 0 Å². The third kappa shape index (κ3) is 76.7. The molecule has 0 saturated carbocycles. The van der Waals surface area contributed by atoms with Crippen molar-refractivity contribution in [1.82, 2.24) is 0 Å². The monoisotopic (exact) mass is 302 g/mol. The van der Waals surface area contributed by atoms with E-state index in [1.807, 2.05) is 0 Å². The first-order valence-corrected chi connectivity index (χ1v) is 4.27. The number of rotatable bonds is 2. The predicted octanol–water partition coefficient (Wildman–Crippen LogP) is -13.5. The van der Waals surface area contributed by atoms with Crippen molar-refractivity contribution in [2.75, 3.05) is 0 Å². The summed E-state index contributed by atoms with van der Waals surface area (Å²) < 4.78 is 34.3. The molecule has 0 heterocycles. The van der Waals surface area contributed by atoms with Crippen molar-refractivity contribution in [3.63, 3.8) is 0 Å². The topological polar surface area (TPSA) is 155 Å². The second-order valence-corrected chi connectivity index (χ2v) is 2.53. The van der Waals surface area contributed by atoms with Crippen LogP contribution in [0, 0.1) is 0 Å². The fourth-order valence-corrected chi connectivity index (χ4v) is 0.136. The summed E-state index contributed by atoms with van der Waals surface area (Å²) in [7, 11) is 0. The van der Waals surface area contributed by atoms with Crippen LogP contribution in [-0.2, 0) is 34.1 Å². The molecular weight excluding hydrogens is 300 g/mol. The predicted molar refractivity (Wildman–Crippen MR) is 21.2 cm³/mol. The second kappa shape index (κ2) is 16.6. The quantitative estimate of drug-likeness (QED) is 0.359. The van der Waals surface area contributed by atoms with Crippen LogP contribution in [0.1, 0.15) is 0 Å². The zero-order valence-corrected chi connectivity index (χ0v) is 16.0. The number of carboxylic acids is 2. The van der Waals surface area contributed by atoms with Gasteiger partial charge in [-0.15, -0.1) is 0 Å². The Labute approximate surface area is 159 Å². The fourth-order valence-electron chi connectivity index (χ4n) is 0.136. The van der Waals surface area contributed by atoms with E-state index in [0.29, 0.717) is 12.2 Å². The molecule has 16 heavy (non-hydrogen) atoms. The molecule has 0 atom stereocenters. The molecule has 0 radical (unpaired) electrons. The number of hydrogen-bond acceptors (Lipinski definition) is 8. The molecule has 0 saturated heterocycles. The van der Waals surface area contributed by atoms with Crippen LogP contribution < -0.4 is 103 Å². The van der Waals surface area contributed by atoms with E-state index in [4.69, 9.17) is 15.7 Å². The summed E-state index contributed by atoms with van der Waals surface area (Å²) in [5, 5.41) is 18.8. The summed E-state index contributed by atoms with van der Waals surface area (Å²) in [6, 6.07) is 0. The molecule has 0 spiro atoms. The zero-order chi connectivity index (χ0) is 11.1. The van der Waals surface area contributed by atoms with Gasteiger partial charge in [0.1, 0.15) is 0 Å². The summed E-state index contributed by atoms with van der Waals surface area (Å²) in [6.07, 6.45) is 0.769. The minimum absolute atomic E-state index is 0. The van der Waals surface area contributed by atoms with Crippen LogP contribution in [0.3, 0.4) is 0 Å². The van der Waals surface area contributed by atoms with Gasteiger partial charge in [0.15, 0.2) is 0 Å². The van der Waals surface area contributed by atoms with Gasteiger partial charge in [-0.3, -0.25) is 0 Å². The third-order valence-electron chi connectivity index (χ3n) is 0.355. The maximum absolute atomic E-state index is 9.41. The Morgan fingerprint density at radius 1 is 0.812 bits per heavy atom. The van der Waals surface area contributed by atoms with Crippen LogP contribution in [0.2, 0.25) is 0 Å². The molecule has 0 unspecified atom stereocenters. The summed E-state index contributed by atoms with van der Waals surface area (Å²) in [4.78, 5) is 18.8. The van der Waals surface area contributed by atoms with Crippen molar-refractivity contribution < 1.29 is 137 Å². The Hall–Kier alpha value is 1.56. The van der Waals surface area contributed by atoms with Crippen molar-refractivity contribution >= 4 is 11.9 Å². The molecule has 0 aliphatic rings. The molecule has 12 heteroatoms. The number of carboxylic acid groups (broad SMARTS) is 2. The molecule has 0 fully saturated rings. The molecule has 8 nitrogen and oxygen atoms in total. The number of hydrogen-bond donors (Lipinski definition) is 0. The van der Waals surface area contributed by atoms with E-state index in [2.05, 4.69) is 0 Å². The second-order valence-electron chi connectivity index (χ2n) is 1.35. The van der Waals surface area contributed by atoms with E-state index in [1.54, 1.807) is 0 Å². The third-order valence-corrected chi connectivity index (χ3v) is 0.355. The standard InChI is InChI=1S/C4H4O4.Mn.3Na.4O/c5-3(6)1-2-4(7)8;;;;;;;;/h1-2H,(H,5,6)(H,7,8);;;;;;;;/q;;3*+1;;;;-1/p-2/b2-1+;;;;;;;;. The Kier molecular flexibility index (Phi) is 31.6. The number of carbonyl (C=O) groups is 2. The van der Waals surface area contributed by atoms with E-state index < -0.39 is 24.9 Å². The van der Waals surface area contributed by atoms with Crippen LogP contribution in [0.5, 0.6) is 0 Å². The van der Waals surface area contributed by atoms with Gasteiger partial charge in [0.05, 0.1) is 11.9 Å². The Morgan fingerprint density at radius 3 is 1.00 bits per heavy atom. The van der Waals surface area contributed by atoms with Gasteiger partial charge in [0, 0.05) is 0 Å². The van der Waals surface area contributed by atoms with Gasteiger partial charge in [-0.25, -0.2) is 0 Å². The summed E-state index contributed by atoms with van der Waals surface area (Å²) in [6.45, 7) is 0. The van der Waals surface area contributed by atoms with E-state index >= 15 is 0 Å². The minimum atomic E-state index is -5.62. The SMILES string of the molecule is O=C([O-])/C=C/C(=O)[O-].[Na+].[Na+].[Na+].[O]=[Mn](=[O])(=[O])[O-]. The van der Waals surface area contributed by atoms with Crippen molar-refractivity contribution in [1.29, 1.82) is 0 Å². The molecule has 0 aliphatic heterocycles. The van der Waals surface area contributed by atoms with E-state index in [9.17, 15) is 19.8 Å². The van der Waals surface area contributed by atoms with Crippen molar-refractivity contribution in [2.24, 2.45) is 0 Å². The van der Waals surface area contributed by atoms with Crippen molar-refractivity contribution in [2.45, 2.75) is 0 Å². The molecule has 0 N–H and O–H groups in total. The van der Waals surface area contributed by atoms with Crippen LogP contribution in [0.4, 0.5) is 0 Å². The fraction of sp³-hybridized carbons (Fsp3) is 0. The van der Waals surface area contributed by atoms with Gasteiger partial charge < -0.3 is 19.8 Å². The molecule has 0 bridgehead atoms. The molecule has 76 valence electrons. The molecule has 0 aromatic carbocycles. The molecule has 0 amide bonds. The molecule has 0 rings (SSSR count).